The van der Waals surface area contributed by atoms with Crippen LogP contribution in [0, 0.1) is 6.92 Å². The molecule has 0 unspecified atom stereocenters. The Morgan fingerprint density at radius 1 is 1.42 bits per heavy atom. The normalized spacial score (nSPS) is 24.7. The van der Waals surface area contributed by atoms with Gasteiger partial charge in [0.1, 0.15) is 11.6 Å². The van der Waals surface area contributed by atoms with Crippen LogP contribution in [0.15, 0.2) is 12.1 Å². The van der Waals surface area contributed by atoms with E-state index >= 15 is 0 Å². The molecule has 3 N–H and O–H groups in total. The highest BCUT2D eigenvalue weighted by atomic mass is 16.6. The predicted molar refractivity (Wildman–Crippen MR) is 91.5 cm³/mol. The maximum Gasteiger partial charge on any atom is 0.411 e. The molecular weight excluding hydrogens is 340 g/mol. The molecule has 26 heavy (non-hydrogen) atoms. The van der Waals surface area contributed by atoms with Crippen LogP contribution in [0.5, 0.6) is 5.75 Å². The van der Waals surface area contributed by atoms with E-state index in [1.165, 1.54) is 0 Å². The van der Waals surface area contributed by atoms with E-state index in [2.05, 4.69) is 10.3 Å². The number of nitrogens with zero attached hydrogens (tertiary/aromatic N) is 2. The van der Waals surface area contributed by atoms with Crippen molar-refractivity contribution >= 4 is 23.7 Å². The number of carbonyl (C=O) groups is 3. The molecule has 1 fully saturated rings. The zero-order chi connectivity index (χ0) is 19.3. The van der Waals surface area contributed by atoms with Gasteiger partial charge in [0, 0.05) is 12.1 Å². The summed E-state index contributed by atoms with van der Waals surface area (Å²) in [5.74, 6) is -0.506. The number of fused-ring (bicyclic) bond motifs is 1. The van der Waals surface area contributed by atoms with Crippen LogP contribution in [0.1, 0.15) is 32.9 Å². The lowest BCUT2D eigenvalue weighted by Crippen LogP contribution is -2.53. The standard InChI is InChI=1S/C17H22N4O5/c1-9-5-6-11-13(19-9)20-14(23)17(25-11)7-10(12(18)22)21(8-17)15(24)26-16(2,3)4/h5-6,10H,7-8H2,1-4H3,(H2,18,22)(H,19,20,23)/t10-,17+/m0/s1. The number of rotatable bonds is 1. The Morgan fingerprint density at radius 2 is 2.12 bits per heavy atom. The fourth-order valence-electron chi connectivity index (χ4n) is 3.07. The minimum absolute atomic E-state index is 0.0548. The highest BCUT2D eigenvalue weighted by Gasteiger charge is 2.57. The van der Waals surface area contributed by atoms with E-state index in [1.54, 1.807) is 39.8 Å². The van der Waals surface area contributed by atoms with Gasteiger partial charge in [-0.25, -0.2) is 9.78 Å². The molecule has 1 aromatic rings. The van der Waals surface area contributed by atoms with Gasteiger partial charge >= 0.3 is 6.09 Å². The van der Waals surface area contributed by atoms with Crippen molar-refractivity contribution in [3.63, 3.8) is 0 Å². The molecule has 0 aliphatic carbocycles. The third-order valence-electron chi connectivity index (χ3n) is 4.23. The molecule has 140 valence electrons. The highest BCUT2D eigenvalue weighted by molar-refractivity contribution is 6.02. The molecule has 3 heterocycles. The van der Waals surface area contributed by atoms with Crippen molar-refractivity contribution in [3.05, 3.63) is 17.8 Å². The lowest BCUT2D eigenvalue weighted by molar-refractivity contribution is -0.131. The minimum Gasteiger partial charge on any atom is -0.472 e. The number of hydrogen-bond acceptors (Lipinski definition) is 6. The van der Waals surface area contributed by atoms with Gasteiger partial charge in [-0.3, -0.25) is 14.5 Å². The first-order chi connectivity index (χ1) is 12.0. The van der Waals surface area contributed by atoms with Crippen molar-refractivity contribution in [3.8, 4) is 5.75 Å². The van der Waals surface area contributed by atoms with Crippen LogP contribution < -0.4 is 15.8 Å². The lowest BCUT2D eigenvalue weighted by Gasteiger charge is -2.33. The van der Waals surface area contributed by atoms with Crippen LogP contribution in [-0.2, 0) is 14.3 Å². The Balaban J connectivity index is 1.91. The number of nitrogens with one attached hydrogen (secondary N) is 1. The van der Waals surface area contributed by atoms with Crippen molar-refractivity contribution < 1.29 is 23.9 Å². The van der Waals surface area contributed by atoms with Crippen LogP contribution in [0.2, 0.25) is 0 Å². The fraction of sp³-hybridized carbons (Fsp3) is 0.529. The predicted octanol–water partition coefficient (Wildman–Crippen LogP) is 0.954. The quantitative estimate of drug-likeness (QED) is 0.767. The van der Waals surface area contributed by atoms with Gasteiger partial charge in [0.2, 0.25) is 11.5 Å². The van der Waals surface area contributed by atoms with Crippen LogP contribution in [0.3, 0.4) is 0 Å². The minimum atomic E-state index is -1.42. The topological polar surface area (TPSA) is 124 Å². The summed E-state index contributed by atoms with van der Waals surface area (Å²) < 4.78 is 11.2. The van der Waals surface area contributed by atoms with Gasteiger partial charge in [0.25, 0.3) is 5.91 Å². The molecule has 3 amide bonds. The molecule has 2 aliphatic heterocycles. The van der Waals surface area contributed by atoms with Gasteiger partial charge in [-0.15, -0.1) is 0 Å². The van der Waals surface area contributed by atoms with Crippen LogP contribution in [0.25, 0.3) is 0 Å². The largest absolute Gasteiger partial charge is 0.472 e. The van der Waals surface area contributed by atoms with Gasteiger partial charge < -0.3 is 20.5 Å². The molecule has 9 nitrogen and oxygen atoms in total. The number of aromatic nitrogens is 1. The first kappa shape index (κ1) is 18.0. The Kier molecular flexibility index (Phi) is 4.05. The molecular formula is C17H22N4O5. The number of carbonyl (C=O) groups excluding carboxylic acids is 3. The number of amides is 3. The van der Waals surface area contributed by atoms with Crippen molar-refractivity contribution in [1.82, 2.24) is 9.88 Å². The molecule has 0 bridgehead atoms. The number of likely N-dealkylation sites (tertiary alicyclic amines) is 1. The van der Waals surface area contributed by atoms with E-state index in [4.69, 9.17) is 15.2 Å². The van der Waals surface area contributed by atoms with Crippen LogP contribution >= 0.6 is 0 Å². The number of anilines is 1. The molecule has 9 heteroatoms. The van der Waals surface area contributed by atoms with E-state index in [9.17, 15) is 14.4 Å². The summed E-state index contributed by atoms with van der Waals surface area (Å²) >= 11 is 0. The molecule has 1 aromatic heterocycles. The number of aryl methyl sites for hydroxylation is 1. The number of hydrogen-bond donors (Lipinski definition) is 2. The highest BCUT2D eigenvalue weighted by Crippen LogP contribution is 2.39. The van der Waals surface area contributed by atoms with Gasteiger partial charge in [0.15, 0.2) is 11.6 Å². The number of ether oxygens (including phenoxy) is 2. The van der Waals surface area contributed by atoms with Crippen molar-refractivity contribution in [2.24, 2.45) is 5.73 Å². The summed E-state index contributed by atoms with van der Waals surface area (Å²) in [5.41, 5.74) is 4.01. The SMILES string of the molecule is Cc1ccc2c(n1)NC(=O)[C@]1(C[C@@H](C(N)=O)N(C(=O)OC(C)(C)C)C1)O2. The second-order valence-electron chi connectivity index (χ2n) is 7.58. The number of primary amides is 1. The summed E-state index contributed by atoms with van der Waals surface area (Å²) in [7, 11) is 0. The molecule has 2 atom stereocenters. The van der Waals surface area contributed by atoms with Crippen LogP contribution in [0.4, 0.5) is 10.6 Å². The molecule has 1 spiro atoms. The van der Waals surface area contributed by atoms with Gasteiger partial charge in [-0.1, -0.05) is 0 Å². The summed E-state index contributed by atoms with van der Waals surface area (Å²) in [4.78, 5) is 42.5. The second-order valence-corrected chi connectivity index (χ2v) is 7.58. The fourth-order valence-corrected chi connectivity index (χ4v) is 3.07. The molecule has 3 rings (SSSR count). The Labute approximate surface area is 150 Å². The number of nitrogens with two attached hydrogens (primary N) is 1. The summed E-state index contributed by atoms with van der Waals surface area (Å²) in [6.07, 6.45) is -0.775. The summed E-state index contributed by atoms with van der Waals surface area (Å²) in [6.45, 7) is 6.78. The average molecular weight is 362 g/mol. The van der Waals surface area contributed by atoms with E-state index in [1.807, 2.05) is 0 Å². The van der Waals surface area contributed by atoms with Gasteiger partial charge in [-0.2, -0.15) is 0 Å². The summed E-state index contributed by atoms with van der Waals surface area (Å²) in [6, 6.07) is 2.43. The zero-order valence-corrected chi connectivity index (χ0v) is 15.2. The monoisotopic (exact) mass is 362 g/mol. The van der Waals surface area contributed by atoms with Gasteiger partial charge in [0.05, 0.1) is 6.54 Å². The molecule has 0 radical (unpaired) electrons. The smallest absolute Gasteiger partial charge is 0.411 e. The maximum atomic E-state index is 12.7. The Morgan fingerprint density at radius 3 is 2.73 bits per heavy atom. The summed E-state index contributed by atoms with van der Waals surface area (Å²) in [5, 5.41) is 2.69. The first-order valence-corrected chi connectivity index (χ1v) is 8.28. The molecule has 2 aliphatic rings. The van der Waals surface area contributed by atoms with Crippen LogP contribution in [-0.4, -0.2) is 51.6 Å². The van der Waals surface area contributed by atoms with E-state index in [-0.39, 0.29) is 13.0 Å². The third-order valence-corrected chi connectivity index (χ3v) is 4.23. The molecule has 0 saturated carbocycles. The van der Waals surface area contributed by atoms with Crippen molar-refractivity contribution in [1.29, 1.82) is 0 Å². The van der Waals surface area contributed by atoms with E-state index in [0.717, 1.165) is 10.6 Å². The van der Waals surface area contributed by atoms with E-state index < -0.39 is 35.2 Å². The number of pyridine rings is 1. The average Bonchev–Trinajstić information content (AvgIpc) is 2.88. The maximum absolute atomic E-state index is 12.7. The van der Waals surface area contributed by atoms with Gasteiger partial charge in [-0.05, 0) is 39.8 Å². The Hall–Kier alpha value is -2.84. The third kappa shape index (κ3) is 3.16. The van der Waals surface area contributed by atoms with Crippen molar-refractivity contribution in [2.75, 3.05) is 11.9 Å². The van der Waals surface area contributed by atoms with Crippen molar-refractivity contribution in [2.45, 2.75) is 51.4 Å². The Bertz CT molecular complexity index is 788. The molecule has 0 aromatic carbocycles. The second kappa shape index (κ2) is 5.86. The lowest BCUT2D eigenvalue weighted by atomic mass is 9.97. The molecule has 1 saturated heterocycles. The first-order valence-electron chi connectivity index (χ1n) is 8.28. The van der Waals surface area contributed by atoms with E-state index in [0.29, 0.717) is 11.6 Å². The zero-order valence-electron chi connectivity index (χ0n) is 15.2.